The zero-order valence-electron chi connectivity index (χ0n) is 13.2. The fourth-order valence-corrected chi connectivity index (χ4v) is 4.24. The van der Waals surface area contributed by atoms with E-state index in [0.717, 1.165) is 6.42 Å². The number of fused-ring (bicyclic) bond motifs is 5. The van der Waals surface area contributed by atoms with Crippen LogP contribution in [0.15, 0.2) is 6.07 Å². The van der Waals surface area contributed by atoms with Crippen molar-refractivity contribution in [2.24, 2.45) is 10.8 Å². The highest BCUT2D eigenvalue weighted by molar-refractivity contribution is 5.45. The third-order valence-corrected chi connectivity index (χ3v) is 5.71. The molecule has 0 saturated heterocycles. The van der Waals surface area contributed by atoms with Crippen LogP contribution in [0, 0.1) is 10.8 Å². The molecule has 0 radical (unpaired) electrons. The van der Waals surface area contributed by atoms with Gasteiger partial charge in [0.25, 0.3) is 0 Å². The average molecular weight is 258 g/mol. The van der Waals surface area contributed by atoms with Crippen molar-refractivity contribution in [1.82, 2.24) is 10.2 Å². The second-order valence-electron chi connectivity index (χ2n) is 8.52. The van der Waals surface area contributed by atoms with Crippen LogP contribution < -0.4 is 0 Å². The van der Waals surface area contributed by atoms with E-state index in [0.29, 0.717) is 11.3 Å². The van der Waals surface area contributed by atoms with Gasteiger partial charge in [-0.2, -0.15) is 10.2 Å². The van der Waals surface area contributed by atoms with Crippen LogP contribution in [0.25, 0.3) is 0 Å². The molecule has 104 valence electrons. The van der Waals surface area contributed by atoms with E-state index in [9.17, 15) is 0 Å². The molecule has 19 heavy (non-hydrogen) atoms. The van der Waals surface area contributed by atoms with Crippen LogP contribution in [-0.4, -0.2) is 10.2 Å². The fraction of sp³-hybridized carbons (Fsp3) is 0.765. The number of nitrogens with zero attached hydrogens (tertiary/aromatic N) is 2. The van der Waals surface area contributed by atoms with Crippen molar-refractivity contribution < 1.29 is 0 Å². The topological polar surface area (TPSA) is 25.8 Å². The van der Waals surface area contributed by atoms with Crippen LogP contribution in [0.5, 0.6) is 0 Å². The molecule has 2 bridgehead atoms. The second kappa shape index (κ2) is 3.59. The highest BCUT2D eigenvalue weighted by Gasteiger charge is 2.60. The maximum Gasteiger partial charge on any atom is 0.0730 e. The molecule has 2 nitrogen and oxygen atoms in total. The Morgan fingerprint density at radius 3 is 2.53 bits per heavy atom. The summed E-state index contributed by atoms with van der Waals surface area (Å²) >= 11 is 0. The van der Waals surface area contributed by atoms with Crippen molar-refractivity contribution in [3.8, 4) is 0 Å². The minimum Gasteiger partial charge on any atom is -0.155 e. The largest absolute Gasteiger partial charge is 0.155 e. The molecule has 1 heterocycles. The lowest BCUT2D eigenvalue weighted by molar-refractivity contribution is 0.226. The van der Waals surface area contributed by atoms with Gasteiger partial charge in [0, 0.05) is 5.41 Å². The monoisotopic (exact) mass is 258 g/mol. The van der Waals surface area contributed by atoms with E-state index in [1.807, 2.05) is 0 Å². The first kappa shape index (κ1) is 13.1. The molecule has 3 rings (SSSR count). The van der Waals surface area contributed by atoms with Crippen LogP contribution in [0.4, 0.5) is 0 Å². The Morgan fingerprint density at radius 1 is 1.21 bits per heavy atom. The van der Waals surface area contributed by atoms with Crippen molar-refractivity contribution in [3.05, 3.63) is 23.0 Å². The van der Waals surface area contributed by atoms with Gasteiger partial charge in [-0.3, -0.25) is 0 Å². The SMILES string of the molecule is CC(C)(C)Cc1cc2c(nn1)[C@@]1(C)CC[C@H]2C1(C)C. The van der Waals surface area contributed by atoms with Crippen LogP contribution in [0.1, 0.15) is 77.3 Å². The van der Waals surface area contributed by atoms with Crippen LogP contribution in [0.2, 0.25) is 0 Å². The summed E-state index contributed by atoms with van der Waals surface area (Å²) in [4.78, 5) is 0. The Labute approximate surface area is 117 Å². The van der Waals surface area contributed by atoms with Crippen molar-refractivity contribution in [2.75, 3.05) is 0 Å². The van der Waals surface area contributed by atoms with E-state index in [-0.39, 0.29) is 10.8 Å². The normalized spacial score (nSPS) is 31.6. The van der Waals surface area contributed by atoms with E-state index in [2.05, 4.69) is 57.8 Å². The van der Waals surface area contributed by atoms with Gasteiger partial charge in [-0.1, -0.05) is 41.5 Å². The fourth-order valence-electron chi connectivity index (χ4n) is 4.24. The molecular formula is C17H26N2. The lowest BCUT2D eigenvalue weighted by Crippen LogP contribution is -2.32. The Kier molecular flexibility index (Phi) is 2.47. The van der Waals surface area contributed by atoms with Gasteiger partial charge in [-0.25, -0.2) is 0 Å². The summed E-state index contributed by atoms with van der Waals surface area (Å²) in [5, 5.41) is 9.16. The van der Waals surface area contributed by atoms with Crippen molar-refractivity contribution >= 4 is 0 Å². The average Bonchev–Trinajstić information content (AvgIpc) is 2.57. The summed E-state index contributed by atoms with van der Waals surface area (Å²) in [5.41, 5.74) is 4.79. The zero-order chi connectivity index (χ0) is 14.1. The van der Waals surface area contributed by atoms with Gasteiger partial charge in [-0.15, -0.1) is 0 Å². The van der Waals surface area contributed by atoms with Crippen LogP contribution >= 0.6 is 0 Å². The van der Waals surface area contributed by atoms with Gasteiger partial charge in [0.15, 0.2) is 0 Å². The summed E-state index contributed by atoms with van der Waals surface area (Å²) in [5.74, 6) is 0.682. The molecule has 0 spiro atoms. The summed E-state index contributed by atoms with van der Waals surface area (Å²) in [6.07, 6.45) is 3.60. The smallest absolute Gasteiger partial charge is 0.0730 e. The molecule has 0 amide bonds. The van der Waals surface area contributed by atoms with E-state index in [4.69, 9.17) is 0 Å². The predicted octanol–water partition coefficient (Wildman–Crippen LogP) is 4.24. The summed E-state index contributed by atoms with van der Waals surface area (Å²) in [7, 11) is 0. The van der Waals surface area contributed by atoms with Gasteiger partial charge in [-0.05, 0) is 47.6 Å². The quantitative estimate of drug-likeness (QED) is 0.753. The van der Waals surface area contributed by atoms with E-state index in [1.165, 1.54) is 29.8 Å². The van der Waals surface area contributed by atoms with Crippen LogP contribution in [0.3, 0.4) is 0 Å². The maximum atomic E-state index is 4.64. The molecule has 2 aliphatic rings. The number of aromatic nitrogens is 2. The van der Waals surface area contributed by atoms with E-state index < -0.39 is 0 Å². The lowest BCUT2D eigenvalue weighted by atomic mass is 9.70. The van der Waals surface area contributed by atoms with Gasteiger partial charge in [0.05, 0.1) is 11.4 Å². The first-order valence-electron chi connectivity index (χ1n) is 7.52. The second-order valence-corrected chi connectivity index (χ2v) is 8.52. The molecular weight excluding hydrogens is 232 g/mol. The minimum absolute atomic E-state index is 0.236. The van der Waals surface area contributed by atoms with Gasteiger partial charge in [0.2, 0.25) is 0 Å². The Hall–Kier alpha value is -0.920. The molecule has 2 atom stereocenters. The molecule has 0 aliphatic heterocycles. The van der Waals surface area contributed by atoms with E-state index >= 15 is 0 Å². The lowest BCUT2D eigenvalue weighted by Gasteiger charge is -2.33. The number of rotatable bonds is 1. The minimum atomic E-state index is 0.236. The van der Waals surface area contributed by atoms with Gasteiger partial charge in [0.1, 0.15) is 0 Å². The van der Waals surface area contributed by atoms with Gasteiger partial charge >= 0.3 is 0 Å². The Bertz CT molecular complexity index is 525. The number of hydrogen-bond acceptors (Lipinski definition) is 2. The Morgan fingerprint density at radius 2 is 1.89 bits per heavy atom. The standard InChI is InChI=1S/C17H26N2/c1-15(2,3)10-11-9-12-13-7-8-17(6,16(13,4)5)14(12)19-18-11/h9,13H,7-8,10H2,1-6H3/t13-,17-/m1/s1. The molecule has 0 N–H and O–H groups in total. The van der Waals surface area contributed by atoms with Crippen molar-refractivity contribution in [2.45, 2.75) is 72.1 Å². The number of hydrogen-bond donors (Lipinski definition) is 0. The summed E-state index contributed by atoms with van der Waals surface area (Å²) in [6, 6.07) is 2.35. The molecule has 2 heteroatoms. The summed E-state index contributed by atoms with van der Waals surface area (Å²) in [6.45, 7) is 14.0. The van der Waals surface area contributed by atoms with Crippen molar-refractivity contribution in [3.63, 3.8) is 0 Å². The van der Waals surface area contributed by atoms with Crippen LogP contribution in [-0.2, 0) is 11.8 Å². The van der Waals surface area contributed by atoms with E-state index in [1.54, 1.807) is 0 Å². The molecule has 2 aliphatic carbocycles. The highest BCUT2D eigenvalue weighted by atomic mass is 15.1. The molecule has 1 fully saturated rings. The third kappa shape index (κ3) is 1.68. The van der Waals surface area contributed by atoms with Gasteiger partial charge < -0.3 is 0 Å². The molecule has 1 saturated carbocycles. The first-order chi connectivity index (χ1) is 8.65. The Balaban J connectivity index is 2.04. The zero-order valence-corrected chi connectivity index (χ0v) is 13.2. The predicted molar refractivity (Wildman–Crippen MR) is 78.3 cm³/mol. The molecule has 1 aromatic rings. The first-order valence-corrected chi connectivity index (χ1v) is 7.52. The maximum absolute atomic E-state index is 4.64. The molecule has 0 aromatic carbocycles. The highest BCUT2D eigenvalue weighted by Crippen LogP contribution is 2.66. The summed E-state index contributed by atoms with van der Waals surface area (Å²) < 4.78 is 0. The molecule has 0 unspecified atom stereocenters. The molecule has 1 aromatic heterocycles. The third-order valence-electron chi connectivity index (χ3n) is 5.71. The van der Waals surface area contributed by atoms with Crippen molar-refractivity contribution in [1.29, 1.82) is 0 Å².